The molecule has 0 aliphatic heterocycles. The van der Waals surface area contributed by atoms with Gasteiger partial charge in [-0.2, -0.15) is 0 Å². The van der Waals surface area contributed by atoms with E-state index in [2.05, 4.69) is 106 Å². The number of allylic oxidation sites excluding steroid dienone is 14. The standard InChI is InChI=1S/C56H94O6/c1-4-7-10-13-16-19-22-24-26-27-28-30-31-34-37-40-43-46-49-55(58)61-52-53(51-60-54(57)48-45-42-39-36-33-21-18-15-12-9-6-3)62-56(59)50-47-44-41-38-35-32-29-25-23-20-17-14-11-8-5-2/h15-20,22-28,30,53H,4-14,21,29,31-52H2,1-3H3/b18-15-,19-16-,20-17-,24-22-,25-23-,27-26-,30-28-. The van der Waals surface area contributed by atoms with Crippen molar-refractivity contribution in [2.45, 2.75) is 239 Å². The first-order chi connectivity index (χ1) is 30.5. The second kappa shape index (κ2) is 50.2. The van der Waals surface area contributed by atoms with Crippen molar-refractivity contribution < 1.29 is 28.6 Å². The SMILES string of the molecule is CCCC/C=C\CCCCCCCC(=O)OCC(COC(=O)CCCCCCC\C=C/C=C\C=C/C=C\CCCCC)OC(=O)CCCCCCCC/C=C\C=C/CCCCC. The molecule has 0 heterocycles. The van der Waals surface area contributed by atoms with Crippen molar-refractivity contribution in [1.29, 1.82) is 0 Å². The predicted octanol–water partition coefficient (Wildman–Crippen LogP) is 16.8. The molecule has 0 spiro atoms. The van der Waals surface area contributed by atoms with Crippen molar-refractivity contribution in [1.82, 2.24) is 0 Å². The van der Waals surface area contributed by atoms with E-state index in [9.17, 15) is 14.4 Å². The van der Waals surface area contributed by atoms with Crippen LogP contribution < -0.4 is 0 Å². The maximum Gasteiger partial charge on any atom is 0.306 e. The third-order valence-corrected chi connectivity index (χ3v) is 10.7. The van der Waals surface area contributed by atoms with Gasteiger partial charge >= 0.3 is 17.9 Å². The predicted molar refractivity (Wildman–Crippen MR) is 265 cm³/mol. The lowest BCUT2D eigenvalue weighted by Gasteiger charge is -2.18. The van der Waals surface area contributed by atoms with Crippen LogP contribution in [0.25, 0.3) is 0 Å². The molecular weight excluding hydrogens is 769 g/mol. The molecule has 0 bridgehead atoms. The van der Waals surface area contributed by atoms with E-state index in [-0.39, 0.29) is 31.1 Å². The Morgan fingerprint density at radius 1 is 0.323 bits per heavy atom. The zero-order valence-corrected chi connectivity index (χ0v) is 40.4. The molecule has 0 saturated heterocycles. The first-order valence-electron chi connectivity index (χ1n) is 25.7. The summed E-state index contributed by atoms with van der Waals surface area (Å²) >= 11 is 0. The highest BCUT2D eigenvalue weighted by Gasteiger charge is 2.19. The van der Waals surface area contributed by atoms with E-state index in [0.29, 0.717) is 19.3 Å². The van der Waals surface area contributed by atoms with Crippen LogP contribution in [-0.4, -0.2) is 37.2 Å². The van der Waals surface area contributed by atoms with Gasteiger partial charge in [-0.3, -0.25) is 14.4 Å². The van der Waals surface area contributed by atoms with E-state index in [4.69, 9.17) is 14.2 Å². The van der Waals surface area contributed by atoms with Crippen LogP contribution in [0.4, 0.5) is 0 Å². The Hall–Kier alpha value is -3.41. The van der Waals surface area contributed by atoms with E-state index in [1.807, 2.05) is 0 Å². The minimum absolute atomic E-state index is 0.0945. The van der Waals surface area contributed by atoms with Crippen LogP contribution in [0.2, 0.25) is 0 Å². The molecule has 0 N–H and O–H groups in total. The molecule has 0 saturated carbocycles. The van der Waals surface area contributed by atoms with E-state index in [1.54, 1.807) is 0 Å². The zero-order chi connectivity index (χ0) is 45.1. The van der Waals surface area contributed by atoms with Crippen LogP contribution in [0.1, 0.15) is 233 Å². The number of unbranched alkanes of at least 4 members (excludes halogenated alkanes) is 24. The molecule has 1 unspecified atom stereocenters. The summed E-state index contributed by atoms with van der Waals surface area (Å²) in [5.41, 5.74) is 0. The molecule has 0 aliphatic carbocycles. The van der Waals surface area contributed by atoms with Gasteiger partial charge in [-0.1, -0.05) is 209 Å². The second-order valence-corrected chi connectivity index (χ2v) is 16.8. The largest absolute Gasteiger partial charge is 0.462 e. The normalized spacial score (nSPS) is 12.8. The highest BCUT2D eigenvalue weighted by molar-refractivity contribution is 5.71. The highest BCUT2D eigenvalue weighted by Crippen LogP contribution is 2.13. The van der Waals surface area contributed by atoms with Gasteiger partial charge in [0.05, 0.1) is 0 Å². The van der Waals surface area contributed by atoms with Crippen LogP contribution in [-0.2, 0) is 28.6 Å². The summed E-state index contributed by atoms with van der Waals surface area (Å²) < 4.78 is 16.7. The maximum absolute atomic E-state index is 12.8. The lowest BCUT2D eigenvalue weighted by Crippen LogP contribution is -2.30. The second-order valence-electron chi connectivity index (χ2n) is 16.8. The fourth-order valence-electron chi connectivity index (χ4n) is 6.78. The third-order valence-electron chi connectivity index (χ3n) is 10.7. The topological polar surface area (TPSA) is 78.9 Å². The number of carbonyl (C=O) groups is 3. The van der Waals surface area contributed by atoms with Crippen molar-refractivity contribution >= 4 is 17.9 Å². The number of hydrogen-bond acceptors (Lipinski definition) is 6. The number of esters is 3. The maximum atomic E-state index is 12.8. The van der Waals surface area contributed by atoms with Crippen molar-refractivity contribution in [2.24, 2.45) is 0 Å². The summed E-state index contributed by atoms with van der Waals surface area (Å²) in [4.78, 5) is 37.9. The summed E-state index contributed by atoms with van der Waals surface area (Å²) in [6.45, 7) is 6.49. The Balaban J connectivity index is 4.45. The molecule has 62 heavy (non-hydrogen) atoms. The summed E-state index contributed by atoms with van der Waals surface area (Å²) in [6, 6.07) is 0. The molecular formula is C56H94O6. The first kappa shape index (κ1) is 58.6. The first-order valence-corrected chi connectivity index (χ1v) is 25.7. The summed E-state index contributed by atoms with van der Waals surface area (Å²) in [7, 11) is 0. The average Bonchev–Trinajstić information content (AvgIpc) is 3.27. The monoisotopic (exact) mass is 863 g/mol. The molecule has 6 heteroatoms. The van der Waals surface area contributed by atoms with Crippen LogP contribution in [0, 0.1) is 0 Å². The van der Waals surface area contributed by atoms with E-state index >= 15 is 0 Å². The van der Waals surface area contributed by atoms with Gasteiger partial charge in [0, 0.05) is 19.3 Å². The minimum atomic E-state index is -0.795. The Labute approximate surface area is 382 Å². The lowest BCUT2D eigenvalue weighted by atomic mass is 10.1. The molecule has 0 aromatic rings. The Bertz CT molecular complexity index is 1220. The summed E-state index contributed by atoms with van der Waals surface area (Å²) in [5, 5.41) is 0. The molecule has 1 atom stereocenters. The quantitative estimate of drug-likeness (QED) is 0.0199. The van der Waals surface area contributed by atoms with Crippen molar-refractivity contribution in [2.75, 3.05) is 13.2 Å². The Morgan fingerprint density at radius 3 is 1.02 bits per heavy atom. The molecule has 0 fully saturated rings. The van der Waals surface area contributed by atoms with Gasteiger partial charge in [-0.05, 0) is 89.9 Å². The molecule has 0 aromatic carbocycles. The van der Waals surface area contributed by atoms with Gasteiger partial charge in [-0.25, -0.2) is 0 Å². The van der Waals surface area contributed by atoms with Crippen molar-refractivity contribution in [3.05, 3.63) is 85.1 Å². The van der Waals surface area contributed by atoms with Gasteiger partial charge in [0.1, 0.15) is 13.2 Å². The number of hydrogen-bond donors (Lipinski definition) is 0. The molecule has 0 aromatic heterocycles. The lowest BCUT2D eigenvalue weighted by molar-refractivity contribution is -0.167. The van der Waals surface area contributed by atoms with Crippen LogP contribution in [0.15, 0.2) is 85.1 Å². The number of ether oxygens (including phenoxy) is 3. The van der Waals surface area contributed by atoms with E-state index in [0.717, 1.165) is 109 Å². The van der Waals surface area contributed by atoms with Crippen LogP contribution >= 0.6 is 0 Å². The molecule has 0 rings (SSSR count). The van der Waals surface area contributed by atoms with Gasteiger partial charge in [-0.15, -0.1) is 0 Å². The van der Waals surface area contributed by atoms with Gasteiger partial charge in [0.15, 0.2) is 6.10 Å². The highest BCUT2D eigenvalue weighted by atomic mass is 16.6. The van der Waals surface area contributed by atoms with Gasteiger partial charge < -0.3 is 14.2 Å². The van der Waals surface area contributed by atoms with Crippen LogP contribution in [0.5, 0.6) is 0 Å². The molecule has 0 radical (unpaired) electrons. The molecule has 354 valence electrons. The number of rotatable bonds is 45. The van der Waals surface area contributed by atoms with Crippen molar-refractivity contribution in [3.8, 4) is 0 Å². The van der Waals surface area contributed by atoms with Gasteiger partial charge in [0.25, 0.3) is 0 Å². The fourth-order valence-corrected chi connectivity index (χ4v) is 6.78. The number of carbonyl (C=O) groups excluding carboxylic acids is 3. The molecule has 6 nitrogen and oxygen atoms in total. The summed E-state index contributed by atoms with van der Waals surface area (Å²) in [6.07, 6.45) is 64.1. The average molecular weight is 863 g/mol. The summed E-state index contributed by atoms with van der Waals surface area (Å²) in [5.74, 6) is -0.941. The minimum Gasteiger partial charge on any atom is -0.462 e. The van der Waals surface area contributed by atoms with Crippen LogP contribution in [0.3, 0.4) is 0 Å². The van der Waals surface area contributed by atoms with E-state index in [1.165, 1.54) is 83.5 Å². The Morgan fingerprint density at radius 2 is 0.613 bits per heavy atom. The van der Waals surface area contributed by atoms with Crippen molar-refractivity contribution in [3.63, 3.8) is 0 Å². The molecule has 0 aliphatic rings. The van der Waals surface area contributed by atoms with E-state index < -0.39 is 6.10 Å². The van der Waals surface area contributed by atoms with Gasteiger partial charge in [0.2, 0.25) is 0 Å². The zero-order valence-electron chi connectivity index (χ0n) is 40.4. The molecule has 0 amide bonds. The third kappa shape index (κ3) is 47.6. The Kier molecular flexibility index (Phi) is 47.5. The fraction of sp³-hybridized carbons (Fsp3) is 0.696. The smallest absolute Gasteiger partial charge is 0.306 e.